The van der Waals surface area contributed by atoms with Gasteiger partial charge in [-0.25, -0.2) is 0 Å². The fourth-order valence-electron chi connectivity index (χ4n) is 5.26. The summed E-state index contributed by atoms with van der Waals surface area (Å²) in [6.45, 7) is 1.52. The summed E-state index contributed by atoms with van der Waals surface area (Å²) < 4.78 is 6.39. The summed E-state index contributed by atoms with van der Waals surface area (Å²) >= 11 is 3.48. The summed E-state index contributed by atoms with van der Waals surface area (Å²) in [7, 11) is 1.79. The topological polar surface area (TPSA) is 75.7 Å². The van der Waals surface area contributed by atoms with Crippen LogP contribution in [0.3, 0.4) is 0 Å². The smallest absolute Gasteiger partial charge is 0.327 e. The lowest BCUT2D eigenvalue weighted by Gasteiger charge is -2.41. The summed E-state index contributed by atoms with van der Waals surface area (Å²) in [6, 6.07) is 12.8. The van der Waals surface area contributed by atoms with E-state index in [2.05, 4.69) is 21.2 Å². The Hall–Kier alpha value is -2.51. The van der Waals surface area contributed by atoms with Gasteiger partial charge in [-0.1, -0.05) is 34.1 Å². The number of carbonyl (C=O) groups is 3. The lowest BCUT2D eigenvalue weighted by Crippen LogP contribution is -2.53. The van der Waals surface area contributed by atoms with Gasteiger partial charge in [-0.2, -0.15) is 0 Å². The number of nitrogens with one attached hydrogen (secondary N) is 1. The molecule has 6 nitrogen and oxygen atoms in total. The number of halogens is 1. The molecule has 0 aromatic heterocycles. The van der Waals surface area contributed by atoms with E-state index in [4.69, 9.17) is 4.74 Å². The van der Waals surface area contributed by atoms with Gasteiger partial charge in [-0.3, -0.25) is 19.3 Å². The molecule has 7 heteroatoms. The molecule has 142 valence electrons. The highest BCUT2D eigenvalue weighted by atomic mass is 79.9. The average Bonchev–Trinajstić information content (AvgIpc) is 3.11. The van der Waals surface area contributed by atoms with E-state index in [1.54, 1.807) is 19.2 Å². The zero-order valence-corrected chi connectivity index (χ0v) is 16.9. The number of rotatable bonds is 1. The molecular formula is C21H17BrN2O4. The van der Waals surface area contributed by atoms with Crippen LogP contribution in [-0.2, 0) is 19.9 Å². The Balaban J connectivity index is 1.90. The number of esters is 1. The van der Waals surface area contributed by atoms with Crippen LogP contribution in [0.5, 0.6) is 5.75 Å². The number of Topliss-reactive ketones (excluding diaryl/α,β-unsaturated/α-hetero) is 1. The van der Waals surface area contributed by atoms with Crippen molar-refractivity contribution in [3.63, 3.8) is 0 Å². The van der Waals surface area contributed by atoms with Gasteiger partial charge in [0.25, 0.3) is 0 Å². The van der Waals surface area contributed by atoms with Crippen LogP contribution >= 0.6 is 15.9 Å². The second-order valence-corrected chi connectivity index (χ2v) is 8.57. The van der Waals surface area contributed by atoms with Crippen LogP contribution in [0.2, 0.25) is 0 Å². The highest BCUT2D eigenvalue weighted by Gasteiger charge is 2.74. The van der Waals surface area contributed by atoms with Crippen molar-refractivity contribution in [1.82, 2.24) is 4.90 Å². The Morgan fingerprint density at radius 3 is 2.75 bits per heavy atom. The van der Waals surface area contributed by atoms with Crippen LogP contribution in [0.25, 0.3) is 0 Å². The molecule has 1 spiro atoms. The van der Waals surface area contributed by atoms with Gasteiger partial charge in [0.1, 0.15) is 22.5 Å². The number of hydrogen-bond acceptors (Lipinski definition) is 5. The summed E-state index contributed by atoms with van der Waals surface area (Å²) in [4.78, 5) is 41.4. The maximum atomic E-state index is 13.5. The van der Waals surface area contributed by atoms with Gasteiger partial charge in [0.15, 0.2) is 0 Å². The zero-order chi connectivity index (χ0) is 19.8. The molecule has 5 rings (SSSR count). The molecule has 3 heterocycles. The third-order valence-corrected chi connectivity index (χ3v) is 6.90. The minimum absolute atomic E-state index is 0.111. The first-order chi connectivity index (χ1) is 13.3. The number of hydrogen-bond donors (Lipinski definition) is 1. The fraction of sp³-hybridized carbons (Fsp3) is 0.286. The molecule has 28 heavy (non-hydrogen) atoms. The minimum atomic E-state index is -1.45. The van der Waals surface area contributed by atoms with Crippen molar-refractivity contribution in [2.75, 3.05) is 18.9 Å². The van der Waals surface area contributed by atoms with Crippen LogP contribution in [-0.4, -0.2) is 36.2 Å². The van der Waals surface area contributed by atoms with Crippen LogP contribution in [0, 0.1) is 5.41 Å². The SMILES string of the molecule is CC(=O)[C@@]12CN(C)[C@]3(C(=O)Nc4ccccc43)[C@@H]1c1cc(Br)ccc1OC2=O. The summed E-state index contributed by atoms with van der Waals surface area (Å²) in [6.07, 6.45) is 0. The molecule has 3 aliphatic heterocycles. The molecule has 0 saturated carbocycles. The van der Waals surface area contributed by atoms with Crippen molar-refractivity contribution in [1.29, 1.82) is 0 Å². The van der Waals surface area contributed by atoms with Gasteiger partial charge in [0.2, 0.25) is 5.91 Å². The Kier molecular flexibility index (Phi) is 3.46. The summed E-state index contributed by atoms with van der Waals surface area (Å²) in [5.41, 5.74) is -0.458. The zero-order valence-electron chi connectivity index (χ0n) is 15.3. The van der Waals surface area contributed by atoms with Crippen molar-refractivity contribution >= 4 is 39.3 Å². The lowest BCUT2D eigenvalue weighted by molar-refractivity contribution is -0.154. The Labute approximate surface area is 170 Å². The molecule has 3 aliphatic rings. The van der Waals surface area contributed by atoms with Crippen molar-refractivity contribution in [3.8, 4) is 5.75 Å². The first-order valence-corrected chi connectivity index (χ1v) is 9.77. The molecule has 3 atom stereocenters. The third kappa shape index (κ3) is 1.83. The lowest BCUT2D eigenvalue weighted by atomic mass is 9.62. The molecule has 1 fully saturated rings. The van der Waals surface area contributed by atoms with Crippen LogP contribution in [0.4, 0.5) is 5.69 Å². The number of para-hydroxylation sites is 1. The number of ketones is 1. The molecule has 1 saturated heterocycles. The molecule has 1 amide bonds. The second-order valence-electron chi connectivity index (χ2n) is 7.65. The maximum Gasteiger partial charge on any atom is 0.327 e. The monoisotopic (exact) mass is 440 g/mol. The van der Waals surface area contributed by atoms with Crippen LogP contribution in [0.15, 0.2) is 46.9 Å². The first kappa shape index (κ1) is 17.6. The Bertz CT molecular complexity index is 1080. The predicted octanol–water partition coefficient (Wildman–Crippen LogP) is 2.82. The average molecular weight is 441 g/mol. The number of benzene rings is 2. The molecule has 2 aromatic carbocycles. The number of likely N-dealkylation sites (N-methyl/N-ethyl adjacent to an activating group) is 1. The Morgan fingerprint density at radius 2 is 2.00 bits per heavy atom. The number of carbonyl (C=O) groups excluding carboxylic acids is 3. The molecule has 0 aliphatic carbocycles. The number of nitrogens with zero attached hydrogens (tertiary/aromatic N) is 1. The van der Waals surface area contributed by atoms with Gasteiger partial charge in [-0.15, -0.1) is 0 Å². The van der Waals surface area contributed by atoms with Crippen LogP contribution in [0.1, 0.15) is 24.0 Å². The molecule has 0 bridgehead atoms. The van der Waals surface area contributed by atoms with Gasteiger partial charge in [0, 0.05) is 33.7 Å². The van der Waals surface area contributed by atoms with E-state index in [1.165, 1.54) is 6.92 Å². The van der Waals surface area contributed by atoms with Crippen LogP contribution < -0.4 is 10.1 Å². The highest BCUT2D eigenvalue weighted by Crippen LogP contribution is 2.64. The summed E-state index contributed by atoms with van der Waals surface area (Å²) in [5.74, 6) is -1.43. The van der Waals surface area contributed by atoms with E-state index < -0.39 is 22.8 Å². The van der Waals surface area contributed by atoms with Crippen molar-refractivity contribution in [2.45, 2.75) is 18.4 Å². The predicted molar refractivity (Wildman–Crippen MR) is 105 cm³/mol. The molecule has 2 aromatic rings. The molecule has 1 N–H and O–H groups in total. The summed E-state index contributed by atoms with van der Waals surface area (Å²) in [5, 5.41) is 2.95. The van der Waals surface area contributed by atoms with E-state index in [-0.39, 0.29) is 18.2 Å². The van der Waals surface area contributed by atoms with Gasteiger partial charge < -0.3 is 10.1 Å². The fourth-order valence-corrected chi connectivity index (χ4v) is 5.64. The molecular weight excluding hydrogens is 424 g/mol. The largest absolute Gasteiger partial charge is 0.425 e. The van der Waals surface area contributed by atoms with E-state index in [0.717, 1.165) is 10.0 Å². The number of likely N-dealkylation sites (tertiary alicyclic amines) is 1. The number of fused-ring (bicyclic) bond motifs is 6. The highest BCUT2D eigenvalue weighted by molar-refractivity contribution is 9.10. The number of ether oxygens (including phenoxy) is 1. The molecule has 0 radical (unpaired) electrons. The molecule has 0 unspecified atom stereocenters. The van der Waals surface area contributed by atoms with Crippen molar-refractivity contribution in [2.24, 2.45) is 5.41 Å². The Morgan fingerprint density at radius 1 is 1.25 bits per heavy atom. The quantitative estimate of drug-likeness (QED) is 0.419. The maximum absolute atomic E-state index is 13.5. The van der Waals surface area contributed by atoms with Gasteiger partial charge in [0.05, 0.1) is 0 Å². The minimum Gasteiger partial charge on any atom is -0.425 e. The van der Waals surface area contributed by atoms with E-state index >= 15 is 0 Å². The normalized spacial score (nSPS) is 30.5. The third-order valence-electron chi connectivity index (χ3n) is 6.41. The van der Waals surface area contributed by atoms with E-state index in [0.29, 0.717) is 17.0 Å². The second kappa shape index (κ2) is 5.52. The van der Waals surface area contributed by atoms with Crippen molar-refractivity contribution < 1.29 is 19.1 Å². The van der Waals surface area contributed by atoms with Gasteiger partial charge >= 0.3 is 5.97 Å². The first-order valence-electron chi connectivity index (χ1n) is 8.98. The number of anilines is 1. The van der Waals surface area contributed by atoms with Crippen molar-refractivity contribution in [3.05, 3.63) is 58.1 Å². The van der Waals surface area contributed by atoms with Gasteiger partial charge in [-0.05, 0) is 38.2 Å². The standard InChI is InChI=1S/C21H17BrN2O4/c1-11(25)20-10-24(2)21(14-5-3-4-6-15(14)23-18(21)26)17(20)13-9-12(22)7-8-16(13)28-19(20)27/h3-9,17H,10H2,1-2H3,(H,23,26)/t17-,20+,21+/m1/s1. The van der Waals surface area contributed by atoms with E-state index in [9.17, 15) is 14.4 Å². The van der Waals surface area contributed by atoms with E-state index in [1.807, 2.05) is 35.2 Å². The number of amides is 1.